The quantitative estimate of drug-likeness (QED) is 0.929. The molecule has 0 aliphatic carbocycles. The molecule has 1 unspecified atom stereocenters. The van der Waals surface area contributed by atoms with Crippen molar-refractivity contribution in [1.82, 2.24) is 0 Å². The number of hydrogen-bond acceptors (Lipinski definition) is 3. The van der Waals surface area contributed by atoms with E-state index in [1.165, 1.54) is 21.1 Å². The number of methoxy groups -OCH3 is 2. The van der Waals surface area contributed by atoms with Crippen molar-refractivity contribution < 1.29 is 23.8 Å². The molecule has 94 valence electrons. The fourth-order valence-corrected chi connectivity index (χ4v) is 2.06. The van der Waals surface area contributed by atoms with Crippen molar-refractivity contribution in [3.63, 3.8) is 0 Å². The average Bonchev–Trinajstić information content (AvgIpc) is 2.27. The lowest BCUT2D eigenvalue weighted by atomic mass is 9.99. The lowest BCUT2D eigenvalue weighted by Crippen LogP contribution is -2.12. The van der Waals surface area contributed by atoms with E-state index >= 15 is 0 Å². The first-order chi connectivity index (χ1) is 7.93. The molecule has 0 radical (unpaired) electrons. The van der Waals surface area contributed by atoms with Crippen LogP contribution >= 0.6 is 15.9 Å². The van der Waals surface area contributed by atoms with Crippen molar-refractivity contribution in [3.8, 4) is 11.5 Å². The standard InChI is InChI=1S/C11H12BrFO4/c1-5(11(14)15)8-7(13)4-6(12)9(16-2)10(8)17-3/h4-5H,1-3H3,(H,14,15). The van der Waals surface area contributed by atoms with Gasteiger partial charge in [-0.1, -0.05) is 0 Å². The largest absolute Gasteiger partial charge is 0.492 e. The Kier molecular flexibility index (Phi) is 4.34. The third-order valence-electron chi connectivity index (χ3n) is 2.39. The summed E-state index contributed by atoms with van der Waals surface area (Å²) in [7, 11) is 2.73. The minimum absolute atomic E-state index is 0.0277. The Labute approximate surface area is 106 Å². The van der Waals surface area contributed by atoms with Crippen molar-refractivity contribution in [1.29, 1.82) is 0 Å². The molecular weight excluding hydrogens is 295 g/mol. The minimum atomic E-state index is -1.13. The predicted octanol–water partition coefficient (Wildman–Crippen LogP) is 2.79. The highest BCUT2D eigenvalue weighted by molar-refractivity contribution is 9.10. The van der Waals surface area contributed by atoms with E-state index in [2.05, 4.69) is 15.9 Å². The van der Waals surface area contributed by atoms with Crippen LogP contribution in [0.5, 0.6) is 11.5 Å². The fourth-order valence-electron chi connectivity index (χ4n) is 1.51. The minimum Gasteiger partial charge on any atom is -0.492 e. The van der Waals surface area contributed by atoms with Crippen LogP contribution in [0.2, 0.25) is 0 Å². The zero-order valence-corrected chi connectivity index (χ0v) is 11.2. The molecule has 0 aliphatic rings. The van der Waals surface area contributed by atoms with Crippen LogP contribution in [0.1, 0.15) is 18.4 Å². The van der Waals surface area contributed by atoms with Crippen molar-refractivity contribution in [2.45, 2.75) is 12.8 Å². The molecule has 1 N–H and O–H groups in total. The van der Waals surface area contributed by atoms with E-state index in [4.69, 9.17) is 14.6 Å². The molecule has 1 rings (SSSR count). The summed E-state index contributed by atoms with van der Waals surface area (Å²) in [5.41, 5.74) is -0.0277. The molecule has 0 aromatic heterocycles. The molecule has 0 fully saturated rings. The molecule has 1 aromatic rings. The van der Waals surface area contributed by atoms with Gasteiger partial charge in [0, 0.05) is 5.56 Å². The summed E-state index contributed by atoms with van der Waals surface area (Å²) in [5, 5.41) is 8.94. The summed E-state index contributed by atoms with van der Waals surface area (Å²) >= 11 is 3.13. The molecule has 17 heavy (non-hydrogen) atoms. The maximum atomic E-state index is 13.8. The molecule has 0 bridgehead atoms. The summed E-state index contributed by atoms with van der Waals surface area (Å²) < 4.78 is 24.3. The third kappa shape index (κ3) is 2.52. The number of carboxylic acids is 1. The second-order valence-electron chi connectivity index (χ2n) is 3.38. The lowest BCUT2D eigenvalue weighted by molar-refractivity contribution is -0.138. The van der Waals surface area contributed by atoms with Crippen molar-refractivity contribution in [2.75, 3.05) is 14.2 Å². The van der Waals surface area contributed by atoms with Crippen molar-refractivity contribution >= 4 is 21.9 Å². The summed E-state index contributed by atoms with van der Waals surface area (Å²) in [6, 6.07) is 1.16. The maximum absolute atomic E-state index is 13.8. The summed E-state index contributed by atoms with van der Waals surface area (Å²) in [6.07, 6.45) is 0. The lowest BCUT2D eigenvalue weighted by Gasteiger charge is -2.17. The molecule has 0 saturated heterocycles. The van der Waals surface area contributed by atoms with Gasteiger partial charge < -0.3 is 14.6 Å². The van der Waals surface area contributed by atoms with E-state index in [1.54, 1.807) is 0 Å². The van der Waals surface area contributed by atoms with E-state index in [0.29, 0.717) is 4.47 Å². The van der Waals surface area contributed by atoms with Crippen LogP contribution < -0.4 is 9.47 Å². The summed E-state index contributed by atoms with van der Waals surface area (Å²) in [6.45, 7) is 1.39. The molecule has 1 aromatic carbocycles. The Morgan fingerprint density at radius 3 is 2.35 bits per heavy atom. The van der Waals surface area contributed by atoms with Gasteiger partial charge in [-0.2, -0.15) is 0 Å². The van der Waals surface area contributed by atoms with Crippen molar-refractivity contribution in [3.05, 3.63) is 21.9 Å². The second kappa shape index (κ2) is 5.35. The highest BCUT2D eigenvalue weighted by Crippen LogP contribution is 2.42. The van der Waals surface area contributed by atoms with E-state index in [1.807, 2.05) is 0 Å². The topological polar surface area (TPSA) is 55.8 Å². The highest BCUT2D eigenvalue weighted by Gasteiger charge is 2.27. The summed E-state index contributed by atoms with van der Waals surface area (Å²) in [4.78, 5) is 10.9. The van der Waals surface area contributed by atoms with Gasteiger partial charge in [0.2, 0.25) is 0 Å². The van der Waals surface area contributed by atoms with Crippen LogP contribution in [-0.2, 0) is 4.79 Å². The molecule has 0 heterocycles. The second-order valence-corrected chi connectivity index (χ2v) is 4.23. The molecule has 0 aliphatic heterocycles. The van der Waals surface area contributed by atoms with Crippen molar-refractivity contribution in [2.24, 2.45) is 0 Å². The van der Waals surface area contributed by atoms with Crippen LogP contribution in [0.4, 0.5) is 4.39 Å². The highest BCUT2D eigenvalue weighted by atomic mass is 79.9. The number of hydrogen-bond donors (Lipinski definition) is 1. The van der Waals surface area contributed by atoms with Gasteiger partial charge in [0.05, 0.1) is 24.6 Å². The predicted molar refractivity (Wildman–Crippen MR) is 63.3 cm³/mol. The first-order valence-electron chi connectivity index (χ1n) is 4.76. The SMILES string of the molecule is COc1c(Br)cc(F)c(C(C)C(=O)O)c1OC. The van der Waals surface area contributed by atoms with E-state index < -0.39 is 17.7 Å². The number of benzene rings is 1. The summed E-state index contributed by atoms with van der Waals surface area (Å²) in [5.74, 6) is -2.44. The Balaban J connectivity index is 3.52. The molecular formula is C11H12BrFO4. The van der Waals surface area contributed by atoms with Gasteiger partial charge in [-0.3, -0.25) is 4.79 Å². The van der Waals surface area contributed by atoms with Crippen LogP contribution in [0.25, 0.3) is 0 Å². The smallest absolute Gasteiger partial charge is 0.310 e. The van der Waals surface area contributed by atoms with Gasteiger partial charge >= 0.3 is 5.97 Å². The van der Waals surface area contributed by atoms with E-state index in [-0.39, 0.29) is 17.1 Å². The monoisotopic (exact) mass is 306 g/mol. The van der Waals surface area contributed by atoms with Gasteiger partial charge in [-0.25, -0.2) is 4.39 Å². The number of carboxylic acid groups (broad SMARTS) is 1. The first-order valence-corrected chi connectivity index (χ1v) is 5.56. The van der Waals surface area contributed by atoms with Gasteiger partial charge in [0.15, 0.2) is 11.5 Å². The third-order valence-corrected chi connectivity index (χ3v) is 2.98. The Hall–Kier alpha value is -1.30. The number of rotatable bonds is 4. The molecule has 0 saturated carbocycles. The molecule has 0 spiro atoms. The zero-order valence-electron chi connectivity index (χ0n) is 9.58. The number of halogens is 2. The zero-order chi connectivity index (χ0) is 13.2. The first kappa shape index (κ1) is 13.8. The van der Waals surface area contributed by atoms with Gasteiger partial charge in [0.1, 0.15) is 5.82 Å². The Bertz CT molecular complexity index is 448. The van der Waals surface area contributed by atoms with Crippen LogP contribution in [-0.4, -0.2) is 25.3 Å². The van der Waals surface area contributed by atoms with Gasteiger partial charge in [-0.05, 0) is 28.9 Å². The van der Waals surface area contributed by atoms with E-state index in [9.17, 15) is 9.18 Å². The molecule has 4 nitrogen and oxygen atoms in total. The number of ether oxygens (including phenoxy) is 2. The van der Waals surface area contributed by atoms with Gasteiger partial charge in [0.25, 0.3) is 0 Å². The average molecular weight is 307 g/mol. The molecule has 0 amide bonds. The van der Waals surface area contributed by atoms with Gasteiger partial charge in [-0.15, -0.1) is 0 Å². The maximum Gasteiger partial charge on any atom is 0.310 e. The normalized spacial score (nSPS) is 12.1. The number of carbonyl (C=O) groups is 1. The van der Waals surface area contributed by atoms with Crippen LogP contribution in [0.3, 0.4) is 0 Å². The van der Waals surface area contributed by atoms with Crippen LogP contribution in [0, 0.1) is 5.82 Å². The van der Waals surface area contributed by atoms with Crippen LogP contribution in [0.15, 0.2) is 10.5 Å². The Morgan fingerprint density at radius 2 is 1.94 bits per heavy atom. The number of aliphatic carboxylic acids is 1. The Morgan fingerprint density at radius 1 is 1.41 bits per heavy atom. The fraction of sp³-hybridized carbons (Fsp3) is 0.364. The van der Waals surface area contributed by atoms with E-state index in [0.717, 1.165) is 6.07 Å². The molecule has 6 heteroatoms. The molecule has 1 atom stereocenters.